The Morgan fingerprint density at radius 1 is 1.22 bits per heavy atom. The van der Waals surface area contributed by atoms with Crippen LogP contribution in [-0.4, -0.2) is 58.4 Å². The molecule has 10 heteroatoms. The van der Waals surface area contributed by atoms with Crippen LogP contribution in [0.15, 0.2) is 64.1 Å². The van der Waals surface area contributed by atoms with Crippen LogP contribution >= 0.6 is 15.9 Å². The number of amides is 2. The van der Waals surface area contributed by atoms with E-state index in [9.17, 15) is 9.59 Å². The normalized spacial score (nSPS) is 26.3. The Morgan fingerprint density at radius 3 is 2.84 bits per heavy atom. The topological polar surface area (TPSA) is 79.0 Å². The summed E-state index contributed by atoms with van der Waals surface area (Å²) in [6.45, 7) is 1.38. The van der Waals surface area contributed by atoms with Crippen LogP contribution in [0.4, 0.5) is 4.79 Å². The number of benzene rings is 1. The summed E-state index contributed by atoms with van der Waals surface area (Å²) in [7, 11) is 0. The fourth-order valence-electron chi connectivity index (χ4n) is 4.58. The van der Waals surface area contributed by atoms with Gasteiger partial charge in [0.2, 0.25) is 5.91 Å². The monoisotopic (exact) mass is 519 g/mol. The van der Waals surface area contributed by atoms with Crippen LogP contribution in [0.25, 0.3) is 0 Å². The van der Waals surface area contributed by atoms with Gasteiger partial charge >= 0.3 is 6.09 Å². The number of amidine groups is 1. The molecule has 8 nitrogen and oxygen atoms in total. The van der Waals surface area contributed by atoms with Crippen molar-refractivity contribution in [3.05, 3.63) is 59.7 Å². The molecule has 3 atom stereocenters. The zero-order chi connectivity index (χ0) is 21.4. The number of hydrogen-bond acceptors (Lipinski definition) is 5. The van der Waals surface area contributed by atoms with Crippen LogP contribution in [-0.2, 0) is 16.1 Å². The molecule has 1 aromatic rings. The van der Waals surface area contributed by atoms with Crippen molar-refractivity contribution in [2.45, 2.75) is 25.5 Å². The fourth-order valence-corrected chi connectivity index (χ4v) is 5.12. The van der Waals surface area contributed by atoms with Gasteiger partial charge in [0.25, 0.3) is 4.74 Å². The van der Waals surface area contributed by atoms with E-state index in [1.165, 1.54) is 4.90 Å². The number of piperazine rings is 1. The lowest BCUT2D eigenvalue weighted by Gasteiger charge is -2.45. The van der Waals surface area contributed by atoms with Gasteiger partial charge < -0.3 is 22.0 Å². The number of carbonyl (C=O) groups excluding carboxylic acids is 2. The summed E-state index contributed by atoms with van der Waals surface area (Å²) < 4.78 is 6.25. The van der Waals surface area contributed by atoms with E-state index in [1.54, 1.807) is 6.20 Å². The number of halogens is 2. The van der Waals surface area contributed by atoms with Gasteiger partial charge in [-0.05, 0) is 18.4 Å². The predicted molar refractivity (Wildman–Crippen MR) is 118 cm³/mol. The summed E-state index contributed by atoms with van der Waals surface area (Å²) in [4.78, 5) is 38.9. The van der Waals surface area contributed by atoms with Gasteiger partial charge in [-0.25, -0.2) is 9.69 Å². The first kappa shape index (κ1) is 22.7. The van der Waals surface area contributed by atoms with Crippen molar-refractivity contribution in [2.75, 3.05) is 19.6 Å². The van der Waals surface area contributed by atoms with Crippen molar-refractivity contribution < 1.29 is 31.6 Å². The van der Waals surface area contributed by atoms with Crippen molar-refractivity contribution in [2.24, 2.45) is 15.9 Å². The minimum atomic E-state index is -0.433. The highest BCUT2D eigenvalue weighted by atomic mass is 79.9. The van der Waals surface area contributed by atoms with Crippen molar-refractivity contribution in [1.82, 2.24) is 9.80 Å². The average molecular weight is 521 g/mol. The van der Waals surface area contributed by atoms with Crippen LogP contribution in [0.3, 0.4) is 0 Å². The summed E-state index contributed by atoms with van der Waals surface area (Å²) in [5.41, 5.74) is 2.95. The molecule has 0 spiro atoms. The van der Waals surface area contributed by atoms with Crippen molar-refractivity contribution in [1.29, 1.82) is 0 Å². The molecule has 3 unspecified atom stereocenters. The summed E-state index contributed by atoms with van der Waals surface area (Å²) >= 11 is 3.54. The van der Waals surface area contributed by atoms with Gasteiger partial charge in [0.1, 0.15) is 25.0 Å². The number of rotatable bonds is 3. The SMILES string of the molecule is O=C(OCc1ccccc1)N1CC(=O)N2CC(C3=C4C=NC=C[NH+]4C(Br)=N3)CCC2C1.[Cl-]. The van der Waals surface area contributed by atoms with Crippen molar-refractivity contribution >= 4 is 38.9 Å². The van der Waals surface area contributed by atoms with Crippen LogP contribution in [0.5, 0.6) is 0 Å². The van der Waals surface area contributed by atoms with Gasteiger partial charge in [0.15, 0.2) is 5.70 Å². The predicted octanol–water partition coefficient (Wildman–Crippen LogP) is -1.33. The molecular formula is C22H23BrClN5O3. The van der Waals surface area contributed by atoms with E-state index < -0.39 is 6.09 Å². The lowest BCUT2D eigenvalue weighted by atomic mass is 9.88. The molecule has 168 valence electrons. The van der Waals surface area contributed by atoms with E-state index in [0.717, 1.165) is 39.4 Å². The number of nitrogens with zero attached hydrogens (tertiary/aromatic N) is 4. The largest absolute Gasteiger partial charge is 1.00 e. The molecule has 4 aliphatic rings. The average Bonchev–Trinajstić information content (AvgIpc) is 3.14. The van der Waals surface area contributed by atoms with Crippen molar-refractivity contribution in [3.63, 3.8) is 0 Å². The second-order valence-electron chi connectivity index (χ2n) is 8.10. The smallest absolute Gasteiger partial charge is 0.410 e. The number of hydrogen-bond donors (Lipinski definition) is 1. The number of aliphatic imine (C=N–C) groups is 2. The number of fused-ring (bicyclic) bond motifs is 2. The first-order chi connectivity index (χ1) is 15.1. The zero-order valence-corrected chi connectivity index (χ0v) is 19.6. The summed E-state index contributed by atoms with van der Waals surface area (Å²) in [5.74, 6) is 0.125. The maximum atomic E-state index is 12.9. The van der Waals surface area contributed by atoms with E-state index in [4.69, 9.17) is 9.73 Å². The Bertz CT molecular complexity index is 1030. The Labute approximate surface area is 200 Å². The lowest BCUT2D eigenvalue weighted by molar-refractivity contribution is -0.685. The molecule has 2 amide bonds. The maximum Gasteiger partial charge on any atom is 0.410 e. The zero-order valence-electron chi connectivity index (χ0n) is 17.3. The van der Waals surface area contributed by atoms with Gasteiger partial charge in [-0.15, -0.1) is 0 Å². The Morgan fingerprint density at radius 2 is 2.03 bits per heavy atom. The molecule has 0 bridgehead atoms. The van der Waals surface area contributed by atoms with Crippen LogP contribution in [0.1, 0.15) is 18.4 Å². The van der Waals surface area contributed by atoms with Crippen LogP contribution in [0.2, 0.25) is 0 Å². The molecule has 0 aromatic heterocycles. The van der Waals surface area contributed by atoms with Gasteiger partial charge in [-0.2, -0.15) is 4.99 Å². The molecular weight excluding hydrogens is 498 g/mol. The molecule has 0 aliphatic carbocycles. The van der Waals surface area contributed by atoms with Gasteiger partial charge in [-0.1, -0.05) is 30.3 Å². The molecule has 0 radical (unpaired) electrons. The van der Waals surface area contributed by atoms with E-state index in [-0.39, 0.29) is 43.4 Å². The first-order valence-corrected chi connectivity index (χ1v) is 11.2. The molecule has 2 saturated heterocycles. The van der Waals surface area contributed by atoms with Gasteiger partial charge in [0, 0.05) is 41.0 Å². The second-order valence-corrected chi connectivity index (χ2v) is 8.86. The standard InChI is InChI=1S/C22H22BrN5O3.ClH/c23-21-25-20(18-10-24-8-9-27(18)21)16-6-7-17-12-26(13-19(29)28(17)11-16)22(30)31-14-15-4-2-1-3-5-15;/h1-5,8-10,16-17H,6-7,11-14H2;1H. The summed E-state index contributed by atoms with van der Waals surface area (Å²) in [6, 6.07) is 9.57. The molecule has 32 heavy (non-hydrogen) atoms. The number of nitrogens with one attached hydrogen (secondary N) is 1. The molecule has 4 aliphatic heterocycles. The van der Waals surface area contributed by atoms with Crippen molar-refractivity contribution in [3.8, 4) is 0 Å². The third-order valence-corrected chi connectivity index (χ3v) is 6.78. The number of allylic oxidation sites excluding steroid dienone is 1. The highest BCUT2D eigenvalue weighted by molar-refractivity contribution is 9.18. The molecule has 5 rings (SSSR count). The highest BCUT2D eigenvalue weighted by Crippen LogP contribution is 2.32. The number of ether oxygens (including phenoxy) is 1. The number of carbonyl (C=O) groups is 2. The number of quaternary nitrogens is 1. The van der Waals surface area contributed by atoms with E-state index >= 15 is 0 Å². The third-order valence-electron chi connectivity index (χ3n) is 6.17. The van der Waals surface area contributed by atoms with Crippen LogP contribution < -0.4 is 17.3 Å². The Balaban J connectivity index is 0.00000245. The fraction of sp³-hybridized carbons (Fsp3) is 0.364. The third kappa shape index (κ3) is 4.37. The highest BCUT2D eigenvalue weighted by Gasteiger charge is 2.43. The Kier molecular flexibility index (Phi) is 6.78. The quantitative estimate of drug-likeness (QED) is 0.502. The van der Waals surface area contributed by atoms with Gasteiger partial charge in [0.05, 0.1) is 12.4 Å². The number of piperidine rings is 1. The summed E-state index contributed by atoms with van der Waals surface area (Å²) in [5, 5.41) is 0. The molecule has 1 aromatic carbocycles. The molecule has 1 N–H and O–H groups in total. The minimum absolute atomic E-state index is 0. The molecule has 2 fully saturated rings. The lowest BCUT2D eigenvalue weighted by Crippen LogP contribution is -3.07. The second kappa shape index (κ2) is 9.56. The Hall–Kier alpha value is -2.49. The summed E-state index contributed by atoms with van der Waals surface area (Å²) in [6.07, 6.45) is 6.86. The van der Waals surface area contributed by atoms with E-state index in [0.29, 0.717) is 13.1 Å². The van der Waals surface area contributed by atoms with E-state index in [1.807, 2.05) is 47.6 Å². The molecule has 4 heterocycles. The minimum Gasteiger partial charge on any atom is -1.00 e. The molecule has 0 saturated carbocycles. The van der Waals surface area contributed by atoms with E-state index in [2.05, 4.69) is 20.9 Å². The first-order valence-electron chi connectivity index (χ1n) is 10.4. The van der Waals surface area contributed by atoms with Crippen LogP contribution in [0, 0.1) is 5.92 Å². The van der Waals surface area contributed by atoms with Gasteiger partial charge in [-0.3, -0.25) is 14.7 Å². The maximum absolute atomic E-state index is 12.9.